The molecule has 0 aliphatic carbocycles. The van der Waals surface area contributed by atoms with Crippen LogP contribution >= 0.6 is 0 Å². The Balaban J connectivity index is 1.37. The molecule has 0 unspecified atom stereocenters. The van der Waals surface area contributed by atoms with Gasteiger partial charge in [-0.15, -0.1) is 0 Å². The van der Waals surface area contributed by atoms with Gasteiger partial charge in [-0.1, -0.05) is 29.4 Å². The summed E-state index contributed by atoms with van der Waals surface area (Å²) < 4.78 is 0. The zero-order valence-corrected chi connectivity index (χ0v) is 20.4. The molecule has 5 aromatic rings. The molecule has 0 atom stereocenters. The van der Waals surface area contributed by atoms with Crippen LogP contribution in [0.5, 0.6) is 0 Å². The van der Waals surface area contributed by atoms with E-state index in [1.54, 1.807) is 0 Å². The highest BCUT2D eigenvalue weighted by molar-refractivity contribution is 5.95. The molecule has 0 bridgehead atoms. The summed E-state index contributed by atoms with van der Waals surface area (Å²) in [5.74, 6) is 0. The van der Waals surface area contributed by atoms with Crippen LogP contribution in [0.4, 0.5) is 0 Å². The van der Waals surface area contributed by atoms with Crippen molar-refractivity contribution in [2.45, 2.75) is 26.6 Å². The lowest BCUT2D eigenvalue weighted by molar-refractivity contribution is 0.837. The zero-order chi connectivity index (χ0) is 24.9. The highest BCUT2D eigenvalue weighted by Crippen LogP contribution is 2.37. The Labute approximate surface area is 213 Å². The van der Waals surface area contributed by atoms with Gasteiger partial charge in [0.05, 0.1) is 13.1 Å². The summed E-state index contributed by atoms with van der Waals surface area (Å²) in [7, 11) is 0. The molecular weight excluding hydrogens is 458 g/mol. The zero-order valence-electron chi connectivity index (χ0n) is 20.4. The Morgan fingerprint density at radius 1 is 0.838 bits per heavy atom. The van der Waals surface area contributed by atoms with Gasteiger partial charge in [0.1, 0.15) is 0 Å². The van der Waals surface area contributed by atoms with Crippen molar-refractivity contribution in [3.63, 3.8) is 0 Å². The minimum absolute atomic E-state index is 0.294. The molecule has 3 aromatic carbocycles. The molecule has 37 heavy (non-hydrogen) atoms. The summed E-state index contributed by atoms with van der Waals surface area (Å²) in [6.45, 7) is 4.06. The van der Waals surface area contributed by atoms with E-state index in [2.05, 4.69) is 98.2 Å². The highest BCUT2D eigenvalue weighted by Gasteiger charge is 2.17. The average Bonchev–Trinajstić information content (AvgIpc) is 3.49. The van der Waals surface area contributed by atoms with Crippen molar-refractivity contribution in [1.29, 1.82) is 0 Å². The maximum absolute atomic E-state index is 9.11. The number of fused-ring (bicyclic) bond motifs is 6. The number of benzene rings is 3. The molecule has 2 aliphatic heterocycles. The first-order valence-corrected chi connectivity index (χ1v) is 12.4. The summed E-state index contributed by atoms with van der Waals surface area (Å²) in [6.07, 6.45) is 8.19. The lowest BCUT2D eigenvalue weighted by atomic mass is 9.90. The molecule has 0 spiro atoms. The molecular formula is C30H25N7. The Kier molecular flexibility index (Phi) is 4.84. The molecule has 0 amide bonds. The van der Waals surface area contributed by atoms with Gasteiger partial charge in [0, 0.05) is 55.8 Å². The Hall–Kier alpha value is -4.87. The number of H-pyrrole nitrogens is 2. The van der Waals surface area contributed by atoms with Crippen LogP contribution in [0, 0.1) is 6.92 Å². The molecule has 0 fully saturated rings. The van der Waals surface area contributed by atoms with Crippen LogP contribution in [-0.4, -0.2) is 9.97 Å². The minimum atomic E-state index is 0.294. The molecule has 0 radical (unpaired) electrons. The van der Waals surface area contributed by atoms with Crippen molar-refractivity contribution < 1.29 is 0 Å². The van der Waals surface area contributed by atoms with Crippen molar-refractivity contribution in [3.8, 4) is 22.3 Å². The number of aromatic amines is 2. The number of aryl methyl sites for hydroxylation is 1. The molecule has 2 aliphatic rings. The van der Waals surface area contributed by atoms with E-state index in [1.807, 2.05) is 12.4 Å². The predicted octanol–water partition coefficient (Wildman–Crippen LogP) is 7.25. The molecule has 0 saturated carbocycles. The van der Waals surface area contributed by atoms with E-state index in [-0.39, 0.29) is 0 Å². The number of nitrogens with one attached hydrogen (secondary N) is 4. The average molecular weight is 484 g/mol. The number of aromatic nitrogens is 2. The van der Waals surface area contributed by atoms with E-state index >= 15 is 0 Å². The van der Waals surface area contributed by atoms with E-state index in [4.69, 9.17) is 5.53 Å². The molecule has 2 aromatic heterocycles. The number of hydrogen-bond donors (Lipinski definition) is 4. The summed E-state index contributed by atoms with van der Waals surface area (Å²) in [4.78, 5) is 10.1. The van der Waals surface area contributed by atoms with Crippen LogP contribution in [0.25, 0.3) is 66.7 Å². The van der Waals surface area contributed by atoms with Crippen LogP contribution in [0.2, 0.25) is 0 Å². The van der Waals surface area contributed by atoms with Gasteiger partial charge in [-0.2, -0.15) is 0 Å². The smallest absolute Gasteiger partial charge is 0.0552 e. The fraction of sp³-hybridized carbons (Fsp3) is 0.133. The third kappa shape index (κ3) is 3.48. The third-order valence-electron chi connectivity index (χ3n) is 7.53. The maximum Gasteiger partial charge on any atom is 0.0552 e. The molecule has 7 rings (SSSR count). The van der Waals surface area contributed by atoms with Gasteiger partial charge >= 0.3 is 0 Å². The van der Waals surface area contributed by atoms with Crippen molar-refractivity contribution in [1.82, 2.24) is 20.6 Å². The summed E-state index contributed by atoms with van der Waals surface area (Å²) in [6, 6.07) is 17.5. The standard InChI is InChI=1S/C30H25N7/c1-17-10-23(19-3-5-27-24(12-19)21-6-8-33-16-30(21)36-27)20(14-34-37-31)13-22(17)18-2-4-28-25(11-18)26-15-32-9-7-29(26)35-28/h2-13,32-33,35-36H,14-16H2,1H3. The molecule has 7 nitrogen and oxygen atoms in total. The lowest BCUT2D eigenvalue weighted by Crippen LogP contribution is -2.09. The Morgan fingerprint density at radius 2 is 1.59 bits per heavy atom. The first-order valence-electron chi connectivity index (χ1n) is 12.4. The molecule has 4 N–H and O–H groups in total. The SMILES string of the molecule is Cc1cc(-c2ccc3[nH]c4c(c3c2)C=CNC4)c(CN=[N+]=[N-])cc1-c1ccc2[nH]c3c(c2c1)CNC=C3. The van der Waals surface area contributed by atoms with Crippen LogP contribution in [0.3, 0.4) is 0 Å². The second kappa shape index (κ2) is 8.36. The van der Waals surface area contributed by atoms with E-state index in [1.165, 1.54) is 33.2 Å². The summed E-state index contributed by atoms with van der Waals surface area (Å²) >= 11 is 0. The van der Waals surface area contributed by atoms with Gasteiger partial charge in [-0.25, -0.2) is 0 Å². The van der Waals surface area contributed by atoms with Gasteiger partial charge in [-0.05, 0) is 94.7 Å². The van der Waals surface area contributed by atoms with Gasteiger partial charge in [0.2, 0.25) is 0 Å². The fourth-order valence-electron chi connectivity index (χ4n) is 5.71. The van der Waals surface area contributed by atoms with Crippen molar-refractivity contribution in [3.05, 3.63) is 105 Å². The number of nitrogens with zero attached hydrogens (tertiary/aromatic N) is 3. The van der Waals surface area contributed by atoms with Crippen LogP contribution in [0.1, 0.15) is 33.6 Å². The number of azide groups is 1. The molecule has 180 valence electrons. The fourth-order valence-corrected chi connectivity index (χ4v) is 5.71. The van der Waals surface area contributed by atoms with Crippen molar-refractivity contribution in [2.75, 3.05) is 0 Å². The molecule has 7 heteroatoms. The molecule has 0 saturated heterocycles. The second-order valence-corrected chi connectivity index (χ2v) is 9.70. The van der Waals surface area contributed by atoms with Gasteiger partial charge in [0.15, 0.2) is 0 Å². The summed E-state index contributed by atoms with van der Waals surface area (Å²) in [5.41, 5.74) is 23.0. The quantitative estimate of drug-likeness (QED) is 0.123. The second-order valence-electron chi connectivity index (χ2n) is 9.70. The minimum Gasteiger partial charge on any atom is -0.387 e. The highest BCUT2D eigenvalue weighted by atomic mass is 15.1. The van der Waals surface area contributed by atoms with Crippen LogP contribution < -0.4 is 10.6 Å². The van der Waals surface area contributed by atoms with Crippen molar-refractivity contribution >= 4 is 34.0 Å². The predicted molar refractivity (Wildman–Crippen MR) is 150 cm³/mol. The van der Waals surface area contributed by atoms with E-state index in [0.717, 1.165) is 57.6 Å². The monoisotopic (exact) mass is 483 g/mol. The third-order valence-corrected chi connectivity index (χ3v) is 7.53. The van der Waals surface area contributed by atoms with E-state index in [9.17, 15) is 0 Å². The first-order chi connectivity index (χ1) is 18.2. The van der Waals surface area contributed by atoms with Gasteiger partial charge in [0.25, 0.3) is 0 Å². The van der Waals surface area contributed by atoms with E-state index < -0.39 is 0 Å². The van der Waals surface area contributed by atoms with Crippen LogP contribution in [0.15, 0.2) is 66.0 Å². The van der Waals surface area contributed by atoms with Crippen molar-refractivity contribution in [2.24, 2.45) is 5.11 Å². The number of hydrogen-bond acceptors (Lipinski definition) is 3. The Bertz CT molecular complexity index is 1830. The topological polar surface area (TPSA) is 104 Å². The van der Waals surface area contributed by atoms with Gasteiger partial charge < -0.3 is 20.6 Å². The van der Waals surface area contributed by atoms with Gasteiger partial charge in [-0.3, -0.25) is 0 Å². The normalized spacial score (nSPS) is 13.6. The van der Waals surface area contributed by atoms with E-state index in [0.29, 0.717) is 6.54 Å². The Morgan fingerprint density at radius 3 is 2.46 bits per heavy atom. The maximum atomic E-state index is 9.11. The first kappa shape index (κ1) is 21.4. The largest absolute Gasteiger partial charge is 0.387 e. The summed E-state index contributed by atoms with van der Waals surface area (Å²) in [5, 5.41) is 13.0. The number of rotatable bonds is 4. The van der Waals surface area contributed by atoms with Crippen LogP contribution in [-0.2, 0) is 19.6 Å². The lowest BCUT2D eigenvalue weighted by Gasteiger charge is -2.15. The molecule has 4 heterocycles.